The quantitative estimate of drug-likeness (QED) is 0.671. The van der Waals surface area contributed by atoms with Crippen molar-refractivity contribution in [3.8, 4) is 5.75 Å². The lowest BCUT2D eigenvalue weighted by Crippen LogP contribution is -2.48. The first-order valence-corrected chi connectivity index (χ1v) is 9.81. The van der Waals surface area contributed by atoms with E-state index in [0.717, 1.165) is 16.6 Å². The van der Waals surface area contributed by atoms with Gasteiger partial charge in [0.25, 0.3) is 5.91 Å². The molecule has 4 rings (SSSR count). The number of carbonyl (C=O) groups is 1. The SMILES string of the molecule is COc1ccc(Cn2cc(C(=O)N[C@H]3CCOCC3O)c3nccc(C)c32)cc1F. The number of halogens is 1. The van der Waals surface area contributed by atoms with E-state index in [9.17, 15) is 14.3 Å². The minimum absolute atomic E-state index is 0.184. The number of nitrogens with zero attached hydrogens (tertiary/aromatic N) is 2. The maximum Gasteiger partial charge on any atom is 0.255 e. The van der Waals surface area contributed by atoms with Crippen molar-refractivity contribution in [2.24, 2.45) is 0 Å². The smallest absolute Gasteiger partial charge is 0.255 e. The molecule has 30 heavy (non-hydrogen) atoms. The van der Waals surface area contributed by atoms with Gasteiger partial charge in [-0.1, -0.05) is 6.07 Å². The van der Waals surface area contributed by atoms with E-state index >= 15 is 0 Å². The highest BCUT2D eigenvalue weighted by atomic mass is 19.1. The van der Waals surface area contributed by atoms with Crippen molar-refractivity contribution in [1.82, 2.24) is 14.9 Å². The molecule has 0 bridgehead atoms. The van der Waals surface area contributed by atoms with Crippen LogP contribution < -0.4 is 10.1 Å². The van der Waals surface area contributed by atoms with Crippen LogP contribution in [0.4, 0.5) is 4.39 Å². The third-order valence-corrected chi connectivity index (χ3v) is 5.41. The molecular formula is C22H24FN3O4. The Morgan fingerprint density at radius 2 is 2.27 bits per heavy atom. The predicted molar refractivity (Wildman–Crippen MR) is 109 cm³/mol. The maximum atomic E-state index is 14.1. The average Bonchev–Trinajstić information content (AvgIpc) is 3.10. The van der Waals surface area contributed by atoms with Crippen LogP contribution in [0.2, 0.25) is 0 Å². The first-order chi connectivity index (χ1) is 14.5. The van der Waals surface area contributed by atoms with E-state index in [1.807, 2.05) is 17.6 Å². The number of aryl methyl sites for hydroxylation is 1. The predicted octanol–water partition coefficient (Wildman–Crippen LogP) is 2.42. The van der Waals surface area contributed by atoms with Gasteiger partial charge >= 0.3 is 0 Å². The van der Waals surface area contributed by atoms with Crippen LogP contribution >= 0.6 is 0 Å². The monoisotopic (exact) mass is 413 g/mol. The summed E-state index contributed by atoms with van der Waals surface area (Å²) in [6.07, 6.45) is 3.19. The van der Waals surface area contributed by atoms with E-state index in [4.69, 9.17) is 9.47 Å². The molecule has 1 aliphatic rings. The van der Waals surface area contributed by atoms with E-state index in [1.54, 1.807) is 24.5 Å². The van der Waals surface area contributed by atoms with Crippen LogP contribution in [0.5, 0.6) is 5.75 Å². The fourth-order valence-corrected chi connectivity index (χ4v) is 3.82. The Morgan fingerprint density at radius 3 is 3.00 bits per heavy atom. The van der Waals surface area contributed by atoms with Crippen molar-refractivity contribution in [3.63, 3.8) is 0 Å². The molecule has 0 radical (unpaired) electrons. The molecule has 3 aromatic rings. The fraction of sp³-hybridized carbons (Fsp3) is 0.364. The number of pyridine rings is 1. The number of amides is 1. The molecule has 0 aliphatic carbocycles. The third-order valence-electron chi connectivity index (χ3n) is 5.41. The highest BCUT2D eigenvalue weighted by Gasteiger charge is 2.27. The Morgan fingerprint density at radius 1 is 1.43 bits per heavy atom. The molecule has 1 amide bonds. The number of aliphatic hydroxyl groups excluding tert-OH is 1. The van der Waals surface area contributed by atoms with E-state index in [2.05, 4.69) is 10.3 Å². The molecule has 7 nitrogen and oxygen atoms in total. The van der Waals surface area contributed by atoms with Gasteiger partial charge in [-0.2, -0.15) is 0 Å². The van der Waals surface area contributed by atoms with Crippen LogP contribution in [0, 0.1) is 12.7 Å². The average molecular weight is 413 g/mol. The third kappa shape index (κ3) is 3.88. The number of hydrogen-bond acceptors (Lipinski definition) is 5. The number of rotatable bonds is 5. The zero-order valence-corrected chi connectivity index (χ0v) is 16.9. The van der Waals surface area contributed by atoms with E-state index in [0.29, 0.717) is 30.7 Å². The van der Waals surface area contributed by atoms with Crippen LogP contribution in [0.15, 0.2) is 36.7 Å². The molecule has 1 aliphatic heterocycles. The van der Waals surface area contributed by atoms with Gasteiger partial charge in [0, 0.05) is 25.5 Å². The molecule has 1 unspecified atom stereocenters. The number of benzene rings is 1. The number of aromatic nitrogens is 2. The number of methoxy groups -OCH3 is 1. The molecule has 2 aromatic heterocycles. The normalized spacial score (nSPS) is 19.1. The van der Waals surface area contributed by atoms with Crippen molar-refractivity contribution in [3.05, 3.63) is 59.2 Å². The van der Waals surface area contributed by atoms with Gasteiger partial charge in [0.2, 0.25) is 0 Å². The minimum Gasteiger partial charge on any atom is -0.494 e. The first kappa shape index (κ1) is 20.3. The van der Waals surface area contributed by atoms with Crippen molar-refractivity contribution in [1.29, 1.82) is 0 Å². The van der Waals surface area contributed by atoms with Crippen LogP contribution in [-0.2, 0) is 11.3 Å². The standard InChI is InChI=1S/C22H24FN3O4/c1-13-5-7-24-20-15(22(28)25-17-6-8-30-12-18(17)27)11-26(21(13)20)10-14-3-4-19(29-2)16(23)9-14/h3-5,7,9,11,17-18,27H,6,8,10,12H2,1-2H3,(H,25,28)/t17-,18?/m0/s1. The van der Waals surface area contributed by atoms with Gasteiger partial charge in [-0.3, -0.25) is 9.78 Å². The van der Waals surface area contributed by atoms with Crippen molar-refractivity contribution in [2.45, 2.75) is 32.0 Å². The molecule has 2 N–H and O–H groups in total. The summed E-state index contributed by atoms with van der Waals surface area (Å²) in [5, 5.41) is 13.0. The fourth-order valence-electron chi connectivity index (χ4n) is 3.82. The number of carbonyl (C=O) groups excluding carboxylic acids is 1. The van der Waals surface area contributed by atoms with Crippen LogP contribution in [0.1, 0.15) is 27.9 Å². The minimum atomic E-state index is -0.743. The van der Waals surface area contributed by atoms with Gasteiger partial charge in [-0.05, 0) is 42.7 Å². The summed E-state index contributed by atoms with van der Waals surface area (Å²) in [4.78, 5) is 17.4. The summed E-state index contributed by atoms with van der Waals surface area (Å²) in [6, 6.07) is 6.30. The number of hydrogen-bond donors (Lipinski definition) is 2. The Kier molecular flexibility index (Phi) is 5.69. The van der Waals surface area contributed by atoms with E-state index in [-0.39, 0.29) is 24.3 Å². The lowest BCUT2D eigenvalue weighted by molar-refractivity contribution is -0.0260. The van der Waals surface area contributed by atoms with Crippen molar-refractivity contribution in [2.75, 3.05) is 20.3 Å². The second kappa shape index (κ2) is 8.41. The molecule has 1 saturated heterocycles. The number of fused-ring (bicyclic) bond motifs is 1. The molecule has 1 fully saturated rings. The molecule has 158 valence electrons. The topological polar surface area (TPSA) is 85.6 Å². The summed E-state index contributed by atoms with van der Waals surface area (Å²) in [6.45, 7) is 3.01. The Bertz CT molecular complexity index is 1080. The van der Waals surface area contributed by atoms with Crippen molar-refractivity contribution >= 4 is 16.9 Å². The van der Waals surface area contributed by atoms with Crippen LogP contribution in [0.3, 0.4) is 0 Å². The van der Waals surface area contributed by atoms with Crippen LogP contribution in [-0.4, -0.2) is 53.0 Å². The molecule has 0 saturated carbocycles. The lowest BCUT2D eigenvalue weighted by Gasteiger charge is -2.28. The Balaban J connectivity index is 1.67. The maximum absolute atomic E-state index is 14.1. The van der Waals surface area contributed by atoms with Crippen molar-refractivity contribution < 1.29 is 23.8 Å². The summed E-state index contributed by atoms with van der Waals surface area (Å²) in [5.74, 6) is -0.555. The van der Waals surface area contributed by atoms with Gasteiger partial charge in [0.05, 0.1) is 36.9 Å². The summed E-state index contributed by atoms with van der Waals surface area (Å²) >= 11 is 0. The van der Waals surface area contributed by atoms with Gasteiger partial charge in [0.15, 0.2) is 11.6 Å². The summed E-state index contributed by atoms with van der Waals surface area (Å²) in [7, 11) is 1.42. The summed E-state index contributed by atoms with van der Waals surface area (Å²) in [5.41, 5.74) is 3.50. The molecule has 3 heterocycles. The lowest BCUT2D eigenvalue weighted by atomic mass is 10.1. The number of ether oxygens (including phenoxy) is 2. The highest BCUT2D eigenvalue weighted by Crippen LogP contribution is 2.25. The largest absolute Gasteiger partial charge is 0.494 e. The molecule has 1 aromatic carbocycles. The molecule has 8 heteroatoms. The molecule has 0 spiro atoms. The van der Waals surface area contributed by atoms with Gasteiger partial charge in [-0.15, -0.1) is 0 Å². The second-order valence-corrected chi connectivity index (χ2v) is 7.48. The second-order valence-electron chi connectivity index (χ2n) is 7.48. The van der Waals surface area contributed by atoms with E-state index in [1.165, 1.54) is 13.2 Å². The van der Waals surface area contributed by atoms with E-state index < -0.39 is 11.9 Å². The van der Waals surface area contributed by atoms with Gasteiger partial charge in [-0.25, -0.2) is 4.39 Å². The zero-order valence-electron chi connectivity index (χ0n) is 16.9. The number of aliphatic hydroxyl groups is 1. The number of nitrogens with one attached hydrogen (secondary N) is 1. The molecular weight excluding hydrogens is 389 g/mol. The zero-order chi connectivity index (χ0) is 21.3. The highest BCUT2D eigenvalue weighted by molar-refractivity contribution is 6.06. The van der Waals surface area contributed by atoms with Gasteiger partial charge < -0.3 is 24.5 Å². The summed E-state index contributed by atoms with van der Waals surface area (Å²) < 4.78 is 26.2. The Hall–Kier alpha value is -2.97. The van der Waals surface area contributed by atoms with Gasteiger partial charge in [0.1, 0.15) is 5.52 Å². The Labute approximate surface area is 173 Å². The molecule has 2 atom stereocenters. The first-order valence-electron chi connectivity index (χ1n) is 9.81. The van der Waals surface area contributed by atoms with Crippen LogP contribution in [0.25, 0.3) is 11.0 Å².